The third kappa shape index (κ3) is 4.16. The summed E-state index contributed by atoms with van der Waals surface area (Å²) in [7, 11) is 0. The standard InChI is InChI=1S/C22H27N5O/c1-16-9-11-17(12-10-16)20-26-19-8-5-13-23-21(19)27(20)15-14-24-22(28)25-18-6-3-2-4-7-18/h5,8-13,18H,2-4,6-7,14-15H2,1H3,(H2,24,25,28). The average molecular weight is 377 g/mol. The van der Waals surface area contributed by atoms with Crippen LogP contribution in [0, 0.1) is 6.92 Å². The zero-order valence-electron chi connectivity index (χ0n) is 16.3. The number of hydrogen-bond acceptors (Lipinski definition) is 3. The number of nitrogens with zero attached hydrogens (tertiary/aromatic N) is 3. The highest BCUT2D eigenvalue weighted by Gasteiger charge is 2.16. The number of carbonyl (C=O) groups is 1. The van der Waals surface area contributed by atoms with Crippen molar-refractivity contribution in [1.29, 1.82) is 0 Å². The van der Waals surface area contributed by atoms with E-state index in [4.69, 9.17) is 4.98 Å². The number of hydrogen-bond donors (Lipinski definition) is 2. The molecule has 0 unspecified atom stereocenters. The minimum atomic E-state index is -0.0823. The molecule has 146 valence electrons. The van der Waals surface area contributed by atoms with Crippen LogP contribution in [0.25, 0.3) is 22.6 Å². The van der Waals surface area contributed by atoms with Crippen LogP contribution in [0.2, 0.25) is 0 Å². The fraction of sp³-hybridized carbons (Fsp3) is 0.409. The lowest BCUT2D eigenvalue weighted by atomic mass is 9.96. The number of nitrogens with one attached hydrogen (secondary N) is 2. The molecule has 1 aromatic carbocycles. The molecule has 0 bridgehead atoms. The lowest BCUT2D eigenvalue weighted by Crippen LogP contribution is -2.43. The summed E-state index contributed by atoms with van der Waals surface area (Å²) < 4.78 is 2.08. The predicted octanol–water partition coefficient (Wildman–Crippen LogP) is 4.04. The van der Waals surface area contributed by atoms with Crippen molar-refractivity contribution in [3.05, 3.63) is 48.2 Å². The normalized spacial score (nSPS) is 14.9. The van der Waals surface area contributed by atoms with Gasteiger partial charge in [-0.05, 0) is 31.9 Å². The lowest BCUT2D eigenvalue weighted by Gasteiger charge is -2.23. The number of amides is 2. The van der Waals surface area contributed by atoms with Crippen LogP contribution in [0.1, 0.15) is 37.7 Å². The lowest BCUT2D eigenvalue weighted by molar-refractivity contribution is 0.232. The van der Waals surface area contributed by atoms with Gasteiger partial charge < -0.3 is 15.2 Å². The van der Waals surface area contributed by atoms with Gasteiger partial charge in [0.25, 0.3) is 0 Å². The molecule has 1 saturated carbocycles. The molecule has 2 N–H and O–H groups in total. The van der Waals surface area contributed by atoms with E-state index >= 15 is 0 Å². The Kier molecular flexibility index (Phi) is 5.55. The van der Waals surface area contributed by atoms with Gasteiger partial charge in [-0.2, -0.15) is 0 Å². The van der Waals surface area contributed by atoms with Gasteiger partial charge in [0.2, 0.25) is 0 Å². The quantitative estimate of drug-likeness (QED) is 0.705. The van der Waals surface area contributed by atoms with Gasteiger partial charge in [0.1, 0.15) is 11.3 Å². The molecule has 0 saturated heterocycles. The molecule has 0 spiro atoms. The first-order chi connectivity index (χ1) is 13.7. The Hall–Kier alpha value is -2.89. The van der Waals surface area contributed by atoms with Crippen LogP contribution in [-0.2, 0) is 6.54 Å². The Balaban J connectivity index is 1.47. The largest absolute Gasteiger partial charge is 0.336 e. The molecule has 4 rings (SSSR count). The van der Waals surface area contributed by atoms with E-state index in [0.29, 0.717) is 19.1 Å². The van der Waals surface area contributed by atoms with Crippen LogP contribution in [0.5, 0.6) is 0 Å². The summed E-state index contributed by atoms with van der Waals surface area (Å²) >= 11 is 0. The molecule has 2 amide bonds. The van der Waals surface area contributed by atoms with Gasteiger partial charge >= 0.3 is 6.03 Å². The molecule has 28 heavy (non-hydrogen) atoms. The summed E-state index contributed by atoms with van der Waals surface area (Å²) in [5.74, 6) is 0.878. The Bertz CT molecular complexity index is 941. The Morgan fingerprint density at radius 3 is 2.71 bits per heavy atom. The number of aryl methyl sites for hydroxylation is 1. The molecule has 6 heteroatoms. The van der Waals surface area contributed by atoms with Crippen molar-refractivity contribution in [1.82, 2.24) is 25.2 Å². The van der Waals surface area contributed by atoms with Crippen molar-refractivity contribution >= 4 is 17.2 Å². The van der Waals surface area contributed by atoms with Crippen molar-refractivity contribution in [3.63, 3.8) is 0 Å². The monoisotopic (exact) mass is 377 g/mol. The van der Waals surface area contributed by atoms with Gasteiger partial charge in [-0.3, -0.25) is 0 Å². The van der Waals surface area contributed by atoms with E-state index in [1.54, 1.807) is 6.20 Å². The van der Waals surface area contributed by atoms with Crippen molar-refractivity contribution < 1.29 is 4.79 Å². The summed E-state index contributed by atoms with van der Waals surface area (Å²) in [4.78, 5) is 21.5. The number of carbonyl (C=O) groups excluding carboxylic acids is 1. The zero-order chi connectivity index (χ0) is 19.3. The highest BCUT2D eigenvalue weighted by atomic mass is 16.2. The van der Waals surface area contributed by atoms with Gasteiger partial charge in [-0.15, -0.1) is 0 Å². The minimum absolute atomic E-state index is 0.0823. The van der Waals surface area contributed by atoms with E-state index in [0.717, 1.165) is 35.4 Å². The number of pyridine rings is 1. The van der Waals surface area contributed by atoms with Crippen LogP contribution in [-0.4, -0.2) is 33.2 Å². The van der Waals surface area contributed by atoms with E-state index < -0.39 is 0 Å². The van der Waals surface area contributed by atoms with Gasteiger partial charge in [0.05, 0.1) is 0 Å². The first-order valence-electron chi connectivity index (χ1n) is 10.1. The summed E-state index contributed by atoms with van der Waals surface area (Å²) in [5, 5.41) is 6.09. The van der Waals surface area contributed by atoms with Gasteiger partial charge in [0.15, 0.2) is 5.65 Å². The molecule has 2 aromatic heterocycles. The second-order valence-electron chi connectivity index (χ2n) is 7.53. The summed E-state index contributed by atoms with van der Waals surface area (Å²) in [5.41, 5.74) is 3.97. The van der Waals surface area contributed by atoms with Gasteiger partial charge in [-0.25, -0.2) is 14.8 Å². The van der Waals surface area contributed by atoms with E-state index in [1.807, 2.05) is 12.1 Å². The number of fused-ring (bicyclic) bond motifs is 1. The first kappa shape index (κ1) is 18.5. The van der Waals surface area contributed by atoms with Crippen molar-refractivity contribution in [2.45, 2.75) is 51.6 Å². The van der Waals surface area contributed by atoms with Crippen molar-refractivity contribution in [3.8, 4) is 11.4 Å². The summed E-state index contributed by atoms with van der Waals surface area (Å²) in [6.45, 7) is 3.22. The molecular weight excluding hydrogens is 350 g/mol. The highest BCUT2D eigenvalue weighted by molar-refractivity contribution is 5.77. The number of urea groups is 1. The zero-order valence-corrected chi connectivity index (χ0v) is 16.3. The molecule has 0 radical (unpaired) electrons. The topological polar surface area (TPSA) is 71.8 Å². The van der Waals surface area contributed by atoms with Crippen LogP contribution in [0.3, 0.4) is 0 Å². The second kappa shape index (κ2) is 8.42. The molecule has 0 atom stereocenters. The maximum Gasteiger partial charge on any atom is 0.315 e. The van der Waals surface area contributed by atoms with Crippen LogP contribution in [0.15, 0.2) is 42.6 Å². The van der Waals surface area contributed by atoms with Crippen molar-refractivity contribution in [2.75, 3.05) is 6.54 Å². The van der Waals surface area contributed by atoms with E-state index in [-0.39, 0.29) is 6.03 Å². The third-order valence-corrected chi connectivity index (χ3v) is 5.37. The third-order valence-electron chi connectivity index (χ3n) is 5.37. The molecule has 1 fully saturated rings. The van der Waals surface area contributed by atoms with E-state index in [1.165, 1.54) is 24.8 Å². The molecule has 1 aliphatic rings. The molecule has 6 nitrogen and oxygen atoms in total. The van der Waals surface area contributed by atoms with E-state index in [9.17, 15) is 4.79 Å². The summed E-state index contributed by atoms with van der Waals surface area (Å²) in [6.07, 6.45) is 7.64. The smallest absolute Gasteiger partial charge is 0.315 e. The molecular formula is C22H27N5O. The Morgan fingerprint density at radius 2 is 1.93 bits per heavy atom. The Labute approximate surface area is 165 Å². The molecule has 0 aliphatic heterocycles. The van der Waals surface area contributed by atoms with Crippen LogP contribution >= 0.6 is 0 Å². The fourth-order valence-corrected chi connectivity index (χ4v) is 3.86. The molecule has 1 aliphatic carbocycles. The van der Waals surface area contributed by atoms with Crippen molar-refractivity contribution in [2.24, 2.45) is 0 Å². The SMILES string of the molecule is Cc1ccc(-c2nc3cccnc3n2CCNC(=O)NC2CCCCC2)cc1. The second-order valence-corrected chi connectivity index (χ2v) is 7.53. The Morgan fingerprint density at radius 1 is 1.14 bits per heavy atom. The number of benzene rings is 1. The van der Waals surface area contributed by atoms with Gasteiger partial charge in [-0.1, -0.05) is 49.1 Å². The van der Waals surface area contributed by atoms with E-state index in [2.05, 4.69) is 51.4 Å². The maximum atomic E-state index is 12.2. The van der Waals surface area contributed by atoms with Gasteiger partial charge in [0, 0.05) is 30.9 Å². The highest BCUT2D eigenvalue weighted by Crippen LogP contribution is 2.23. The fourth-order valence-electron chi connectivity index (χ4n) is 3.86. The predicted molar refractivity (Wildman–Crippen MR) is 111 cm³/mol. The van der Waals surface area contributed by atoms with Crippen LogP contribution in [0.4, 0.5) is 4.79 Å². The molecule has 3 aromatic rings. The molecule has 2 heterocycles. The maximum absolute atomic E-state index is 12.2. The van der Waals surface area contributed by atoms with Crippen LogP contribution < -0.4 is 10.6 Å². The summed E-state index contributed by atoms with van der Waals surface area (Å²) in [6, 6.07) is 12.4. The first-order valence-corrected chi connectivity index (χ1v) is 10.1. The number of aromatic nitrogens is 3. The minimum Gasteiger partial charge on any atom is -0.336 e. The number of rotatable bonds is 5. The number of imidazole rings is 1. The average Bonchev–Trinajstić information content (AvgIpc) is 3.08.